The SMILES string of the molecule is CSC1(CNC2CCCCCC2O)CCCCC1. The third-order valence-electron chi connectivity index (χ3n) is 4.86. The van der Waals surface area contributed by atoms with Gasteiger partial charge in [-0.2, -0.15) is 11.8 Å². The van der Waals surface area contributed by atoms with E-state index in [4.69, 9.17) is 0 Å². The molecule has 3 heteroatoms. The van der Waals surface area contributed by atoms with Crippen molar-refractivity contribution in [2.75, 3.05) is 12.8 Å². The number of hydrogen-bond donors (Lipinski definition) is 2. The van der Waals surface area contributed by atoms with Crippen LogP contribution in [-0.2, 0) is 0 Å². The second-order valence-electron chi connectivity index (χ2n) is 6.14. The number of aliphatic hydroxyl groups is 1. The van der Waals surface area contributed by atoms with E-state index in [0.717, 1.165) is 19.4 Å². The molecule has 0 aromatic carbocycles. The largest absolute Gasteiger partial charge is 0.392 e. The Labute approximate surface area is 116 Å². The van der Waals surface area contributed by atoms with Crippen molar-refractivity contribution >= 4 is 11.8 Å². The standard InChI is InChI=1S/C15H29NOS/c1-18-15(10-6-3-7-11-15)12-16-13-8-4-2-5-9-14(13)17/h13-14,16-17H,2-12H2,1H3. The highest BCUT2D eigenvalue weighted by molar-refractivity contribution is 8.00. The summed E-state index contributed by atoms with van der Waals surface area (Å²) < 4.78 is 0.449. The van der Waals surface area contributed by atoms with Gasteiger partial charge in [0.2, 0.25) is 0 Å². The minimum absolute atomic E-state index is 0.116. The van der Waals surface area contributed by atoms with Crippen molar-refractivity contribution in [3.63, 3.8) is 0 Å². The van der Waals surface area contributed by atoms with Gasteiger partial charge in [-0.05, 0) is 31.9 Å². The van der Waals surface area contributed by atoms with Gasteiger partial charge in [0.25, 0.3) is 0 Å². The van der Waals surface area contributed by atoms with E-state index in [1.807, 2.05) is 11.8 Å². The van der Waals surface area contributed by atoms with Crippen LogP contribution in [0.2, 0.25) is 0 Å². The molecule has 0 heterocycles. The number of thioether (sulfide) groups is 1. The van der Waals surface area contributed by atoms with Crippen LogP contribution < -0.4 is 5.32 Å². The molecule has 0 radical (unpaired) electrons. The molecule has 0 aliphatic heterocycles. The molecular formula is C15H29NOS. The maximum absolute atomic E-state index is 10.2. The molecule has 0 amide bonds. The van der Waals surface area contributed by atoms with Crippen LogP contribution in [0.5, 0.6) is 0 Å². The quantitative estimate of drug-likeness (QED) is 0.769. The minimum atomic E-state index is -0.116. The predicted molar refractivity (Wildman–Crippen MR) is 80.2 cm³/mol. The lowest BCUT2D eigenvalue weighted by Gasteiger charge is -2.37. The van der Waals surface area contributed by atoms with E-state index in [9.17, 15) is 5.11 Å². The van der Waals surface area contributed by atoms with Gasteiger partial charge in [-0.25, -0.2) is 0 Å². The van der Waals surface area contributed by atoms with Gasteiger partial charge in [0, 0.05) is 17.3 Å². The van der Waals surface area contributed by atoms with Crippen molar-refractivity contribution in [3.05, 3.63) is 0 Å². The second kappa shape index (κ2) is 7.16. The van der Waals surface area contributed by atoms with Gasteiger partial charge < -0.3 is 10.4 Å². The summed E-state index contributed by atoms with van der Waals surface area (Å²) in [5.74, 6) is 0. The van der Waals surface area contributed by atoms with E-state index >= 15 is 0 Å². The maximum atomic E-state index is 10.2. The third-order valence-corrected chi connectivity index (χ3v) is 6.28. The Balaban J connectivity index is 1.84. The molecule has 106 valence electrons. The lowest BCUT2D eigenvalue weighted by Crippen LogP contribution is -2.47. The summed E-state index contributed by atoms with van der Waals surface area (Å²) in [6.07, 6.45) is 15.0. The first kappa shape index (κ1) is 14.7. The topological polar surface area (TPSA) is 32.3 Å². The Bertz CT molecular complexity index is 241. The third kappa shape index (κ3) is 3.88. The fourth-order valence-electron chi connectivity index (χ4n) is 3.49. The summed E-state index contributed by atoms with van der Waals surface area (Å²) in [5.41, 5.74) is 0. The zero-order valence-electron chi connectivity index (χ0n) is 11.8. The van der Waals surface area contributed by atoms with E-state index in [1.165, 1.54) is 51.4 Å². The van der Waals surface area contributed by atoms with Gasteiger partial charge in [-0.1, -0.05) is 38.5 Å². The molecule has 0 saturated heterocycles. The normalized spacial score (nSPS) is 33.0. The van der Waals surface area contributed by atoms with Crippen LogP contribution in [0.4, 0.5) is 0 Å². The van der Waals surface area contributed by atoms with Crippen LogP contribution in [0.25, 0.3) is 0 Å². The van der Waals surface area contributed by atoms with Crippen LogP contribution in [0.1, 0.15) is 64.2 Å². The van der Waals surface area contributed by atoms with Crippen LogP contribution in [0.15, 0.2) is 0 Å². The van der Waals surface area contributed by atoms with Crippen molar-refractivity contribution in [1.82, 2.24) is 5.32 Å². The molecule has 2 atom stereocenters. The van der Waals surface area contributed by atoms with Gasteiger partial charge >= 0.3 is 0 Å². The molecule has 2 aliphatic carbocycles. The Morgan fingerprint density at radius 3 is 2.44 bits per heavy atom. The summed E-state index contributed by atoms with van der Waals surface area (Å²) in [4.78, 5) is 0. The van der Waals surface area contributed by atoms with Gasteiger partial charge in [0.1, 0.15) is 0 Å². The molecule has 2 fully saturated rings. The average molecular weight is 271 g/mol. The zero-order valence-corrected chi connectivity index (χ0v) is 12.6. The molecule has 2 unspecified atom stereocenters. The number of hydrogen-bond acceptors (Lipinski definition) is 3. The number of aliphatic hydroxyl groups excluding tert-OH is 1. The van der Waals surface area contributed by atoms with Crippen molar-refractivity contribution in [2.24, 2.45) is 0 Å². The summed E-state index contributed by atoms with van der Waals surface area (Å²) >= 11 is 2.04. The summed E-state index contributed by atoms with van der Waals surface area (Å²) in [6.45, 7) is 1.09. The number of rotatable bonds is 4. The van der Waals surface area contributed by atoms with Crippen LogP contribution >= 0.6 is 11.8 Å². The van der Waals surface area contributed by atoms with Crippen molar-refractivity contribution < 1.29 is 5.11 Å². The Hall–Kier alpha value is 0.270. The Morgan fingerprint density at radius 1 is 1.06 bits per heavy atom. The molecule has 0 aromatic heterocycles. The maximum Gasteiger partial charge on any atom is 0.0693 e. The first-order valence-corrected chi connectivity index (χ1v) is 8.95. The fraction of sp³-hybridized carbons (Fsp3) is 1.00. The highest BCUT2D eigenvalue weighted by atomic mass is 32.2. The van der Waals surface area contributed by atoms with Gasteiger partial charge in [0.05, 0.1) is 6.10 Å². The van der Waals surface area contributed by atoms with Crippen LogP contribution in [0.3, 0.4) is 0 Å². The number of nitrogens with one attached hydrogen (secondary N) is 1. The Morgan fingerprint density at radius 2 is 1.72 bits per heavy atom. The monoisotopic (exact) mass is 271 g/mol. The van der Waals surface area contributed by atoms with E-state index in [1.54, 1.807) is 0 Å². The molecule has 2 aliphatic rings. The lowest BCUT2D eigenvalue weighted by molar-refractivity contribution is 0.117. The molecule has 2 N–H and O–H groups in total. The first-order valence-electron chi connectivity index (χ1n) is 7.72. The summed E-state index contributed by atoms with van der Waals surface area (Å²) in [6, 6.07) is 0.346. The highest BCUT2D eigenvalue weighted by Crippen LogP contribution is 2.38. The minimum Gasteiger partial charge on any atom is -0.392 e. The molecule has 2 rings (SSSR count). The smallest absolute Gasteiger partial charge is 0.0693 e. The molecule has 0 spiro atoms. The summed E-state index contributed by atoms with van der Waals surface area (Å²) in [7, 11) is 0. The molecule has 0 aromatic rings. The average Bonchev–Trinajstić information content (AvgIpc) is 2.62. The van der Waals surface area contributed by atoms with Gasteiger partial charge in [-0.3, -0.25) is 0 Å². The predicted octanol–water partition coefficient (Wildman–Crippen LogP) is 3.34. The van der Waals surface area contributed by atoms with Crippen molar-refractivity contribution in [1.29, 1.82) is 0 Å². The van der Waals surface area contributed by atoms with Gasteiger partial charge in [0.15, 0.2) is 0 Å². The van der Waals surface area contributed by atoms with Crippen molar-refractivity contribution in [2.45, 2.75) is 81.1 Å². The lowest BCUT2D eigenvalue weighted by atomic mass is 9.88. The molecular weight excluding hydrogens is 242 g/mol. The van der Waals surface area contributed by atoms with Crippen LogP contribution in [-0.4, -0.2) is 34.8 Å². The fourth-order valence-corrected chi connectivity index (χ4v) is 4.42. The molecule has 0 bridgehead atoms. The summed E-state index contributed by atoms with van der Waals surface area (Å²) in [5, 5.41) is 13.9. The molecule has 18 heavy (non-hydrogen) atoms. The Kier molecular flexibility index (Phi) is 5.84. The van der Waals surface area contributed by atoms with E-state index in [0.29, 0.717) is 10.8 Å². The highest BCUT2D eigenvalue weighted by Gasteiger charge is 2.32. The zero-order chi connectivity index (χ0) is 12.8. The molecule has 2 nitrogen and oxygen atoms in total. The van der Waals surface area contributed by atoms with E-state index < -0.39 is 0 Å². The van der Waals surface area contributed by atoms with E-state index in [2.05, 4.69) is 11.6 Å². The van der Waals surface area contributed by atoms with Gasteiger partial charge in [-0.15, -0.1) is 0 Å². The van der Waals surface area contributed by atoms with Crippen molar-refractivity contribution in [3.8, 4) is 0 Å². The first-order chi connectivity index (χ1) is 8.76. The van der Waals surface area contributed by atoms with Crippen LogP contribution in [0, 0.1) is 0 Å². The van der Waals surface area contributed by atoms with E-state index in [-0.39, 0.29) is 6.10 Å². The molecule has 2 saturated carbocycles. The second-order valence-corrected chi connectivity index (χ2v) is 7.41.